The van der Waals surface area contributed by atoms with Gasteiger partial charge >= 0.3 is 5.97 Å². The maximum absolute atomic E-state index is 10.8. The van der Waals surface area contributed by atoms with E-state index < -0.39 is 11.6 Å². The van der Waals surface area contributed by atoms with Gasteiger partial charge in [0.2, 0.25) is 0 Å². The third kappa shape index (κ3) is 4.92. The Kier molecular flexibility index (Phi) is 6.05. The van der Waals surface area contributed by atoms with Crippen LogP contribution in [0.1, 0.15) is 32.6 Å². The van der Waals surface area contributed by atoms with Gasteiger partial charge in [0, 0.05) is 26.8 Å². The second-order valence-electron chi connectivity index (χ2n) is 5.53. The summed E-state index contributed by atoms with van der Waals surface area (Å²) in [6.07, 6.45) is 2.27. The van der Waals surface area contributed by atoms with Gasteiger partial charge in [-0.2, -0.15) is 0 Å². The van der Waals surface area contributed by atoms with Crippen molar-refractivity contribution in [2.45, 2.75) is 38.2 Å². The average molecular weight is 259 g/mol. The Morgan fingerprint density at radius 1 is 1.50 bits per heavy atom. The Labute approximate surface area is 109 Å². The van der Waals surface area contributed by atoms with Crippen LogP contribution in [0.25, 0.3) is 0 Å². The number of hydrogen-bond acceptors (Lipinski definition) is 4. The van der Waals surface area contributed by atoms with E-state index in [1.165, 1.54) is 0 Å². The lowest BCUT2D eigenvalue weighted by molar-refractivity contribution is -0.144. The number of carbonyl (C=O) groups is 1. The molecule has 0 saturated heterocycles. The van der Waals surface area contributed by atoms with Gasteiger partial charge in [-0.3, -0.25) is 4.79 Å². The Hall–Kier alpha value is -0.650. The quantitative estimate of drug-likeness (QED) is 0.632. The van der Waals surface area contributed by atoms with E-state index in [0.717, 1.165) is 6.54 Å². The molecule has 1 aliphatic carbocycles. The fourth-order valence-corrected chi connectivity index (χ4v) is 2.47. The molecule has 0 aromatic carbocycles. The summed E-state index contributed by atoms with van der Waals surface area (Å²) in [6.45, 7) is 4.13. The maximum Gasteiger partial charge on any atom is 0.306 e. The Balaban J connectivity index is 2.24. The second-order valence-corrected chi connectivity index (χ2v) is 5.53. The SMILES string of the molecule is COCC(C)CNCC1(O)CCC(C(=O)O)CC1. The van der Waals surface area contributed by atoms with Crippen LogP contribution in [0.3, 0.4) is 0 Å². The number of carboxylic acids is 1. The molecule has 0 amide bonds. The molecule has 3 N–H and O–H groups in total. The zero-order valence-electron chi connectivity index (χ0n) is 11.3. The standard InChI is InChI=1S/C13H25NO4/c1-10(8-18-2)7-14-9-13(17)5-3-11(4-6-13)12(15)16/h10-11,14,17H,3-9H2,1-2H3,(H,15,16). The van der Waals surface area contributed by atoms with Crippen LogP contribution < -0.4 is 5.32 Å². The van der Waals surface area contributed by atoms with Crippen LogP contribution in [-0.4, -0.2) is 48.6 Å². The predicted molar refractivity (Wildman–Crippen MR) is 68.5 cm³/mol. The van der Waals surface area contributed by atoms with E-state index in [1.54, 1.807) is 7.11 Å². The fourth-order valence-electron chi connectivity index (χ4n) is 2.47. The summed E-state index contributed by atoms with van der Waals surface area (Å²) in [5.74, 6) is -0.606. The normalized spacial score (nSPS) is 30.1. The van der Waals surface area contributed by atoms with E-state index in [-0.39, 0.29) is 5.92 Å². The summed E-state index contributed by atoms with van der Waals surface area (Å²) < 4.78 is 5.04. The Bertz CT molecular complexity index is 262. The zero-order valence-corrected chi connectivity index (χ0v) is 11.3. The van der Waals surface area contributed by atoms with Gasteiger partial charge in [-0.1, -0.05) is 6.92 Å². The average Bonchev–Trinajstić information content (AvgIpc) is 2.29. The highest BCUT2D eigenvalue weighted by Gasteiger charge is 2.35. The number of aliphatic carboxylic acids is 1. The van der Waals surface area contributed by atoms with E-state index in [9.17, 15) is 9.90 Å². The predicted octanol–water partition coefficient (Wildman–Crippen LogP) is 0.864. The van der Waals surface area contributed by atoms with Crippen molar-refractivity contribution in [2.75, 3.05) is 26.8 Å². The molecule has 1 fully saturated rings. The van der Waals surface area contributed by atoms with Crippen molar-refractivity contribution in [2.24, 2.45) is 11.8 Å². The monoisotopic (exact) mass is 259 g/mol. The molecular weight excluding hydrogens is 234 g/mol. The first-order valence-electron chi connectivity index (χ1n) is 6.62. The summed E-state index contributed by atoms with van der Waals surface area (Å²) in [5.41, 5.74) is -0.737. The van der Waals surface area contributed by atoms with E-state index in [2.05, 4.69) is 12.2 Å². The molecule has 1 saturated carbocycles. The van der Waals surface area contributed by atoms with Crippen molar-refractivity contribution in [3.8, 4) is 0 Å². The van der Waals surface area contributed by atoms with Crippen LogP contribution in [-0.2, 0) is 9.53 Å². The van der Waals surface area contributed by atoms with Crippen molar-refractivity contribution in [1.29, 1.82) is 0 Å². The molecule has 106 valence electrons. The van der Waals surface area contributed by atoms with E-state index in [4.69, 9.17) is 9.84 Å². The number of hydrogen-bond donors (Lipinski definition) is 3. The topological polar surface area (TPSA) is 78.8 Å². The van der Waals surface area contributed by atoms with Gasteiger partial charge in [0.15, 0.2) is 0 Å². The minimum absolute atomic E-state index is 0.280. The number of rotatable bonds is 7. The van der Waals surface area contributed by atoms with Gasteiger partial charge < -0.3 is 20.3 Å². The van der Waals surface area contributed by atoms with Gasteiger partial charge in [0.25, 0.3) is 0 Å². The van der Waals surface area contributed by atoms with Crippen LogP contribution in [0.4, 0.5) is 0 Å². The molecule has 0 radical (unpaired) electrons. The van der Waals surface area contributed by atoms with Crippen molar-refractivity contribution >= 4 is 5.97 Å². The van der Waals surface area contributed by atoms with Crippen LogP contribution in [0.15, 0.2) is 0 Å². The van der Waals surface area contributed by atoms with Gasteiger partial charge in [0.1, 0.15) is 0 Å². The van der Waals surface area contributed by atoms with Crippen LogP contribution >= 0.6 is 0 Å². The number of carboxylic acid groups (broad SMARTS) is 1. The van der Waals surface area contributed by atoms with Crippen LogP contribution in [0.5, 0.6) is 0 Å². The highest BCUT2D eigenvalue weighted by Crippen LogP contribution is 2.31. The molecular formula is C13H25NO4. The molecule has 18 heavy (non-hydrogen) atoms. The molecule has 1 atom stereocenters. The lowest BCUT2D eigenvalue weighted by atomic mass is 9.79. The molecule has 1 rings (SSSR count). The highest BCUT2D eigenvalue weighted by molar-refractivity contribution is 5.70. The van der Waals surface area contributed by atoms with Gasteiger partial charge in [0.05, 0.1) is 11.5 Å². The largest absolute Gasteiger partial charge is 0.481 e. The molecule has 0 spiro atoms. The lowest BCUT2D eigenvalue weighted by Crippen LogP contribution is -2.45. The minimum atomic E-state index is -0.737. The molecule has 0 aliphatic heterocycles. The molecule has 0 bridgehead atoms. The smallest absolute Gasteiger partial charge is 0.306 e. The van der Waals surface area contributed by atoms with Crippen molar-refractivity contribution in [3.63, 3.8) is 0 Å². The summed E-state index contributed by atoms with van der Waals surface area (Å²) >= 11 is 0. The number of methoxy groups -OCH3 is 1. The van der Waals surface area contributed by atoms with Crippen LogP contribution in [0, 0.1) is 11.8 Å². The van der Waals surface area contributed by atoms with Crippen LogP contribution in [0.2, 0.25) is 0 Å². The van der Waals surface area contributed by atoms with Crippen molar-refractivity contribution in [1.82, 2.24) is 5.32 Å². The van der Waals surface area contributed by atoms with Gasteiger partial charge in [-0.25, -0.2) is 0 Å². The highest BCUT2D eigenvalue weighted by atomic mass is 16.5. The number of aliphatic hydroxyl groups is 1. The molecule has 5 heteroatoms. The number of ether oxygens (including phenoxy) is 1. The fraction of sp³-hybridized carbons (Fsp3) is 0.923. The van der Waals surface area contributed by atoms with E-state index >= 15 is 0 Å². The Morgan fingerprint density at radius 3 is 2.61 bits per heavy atom. The second kappa shape index (κ2) is 7.07. The third-order valence-corrected chi connectivity index (χ3v) is 3.66. The summed E-state index contributed by atoms with van der Waals surface area (Å²) in [4.78, 5) is 10.8. The molecule has 5 nitrogen and oxygen atoms in total. The first-order valence-corrected chi connectivity index (χ1v) is 6.62. The van der Waals surface area contributed by atoms with Crippen molar-refractivity contribution in [3.05, 3.63) is 0 Å². The number of nitrogens with one attached hydrogen (secondary N) is 1. The lowest BCUT2D eigenvalue weighted by Gasteiger charge is -2.35. The first kappa shape index (κ1) is 15.4. The van der Waals surface area contributed by atoms with Gasteiger partial charge in [-0.05, 0) is 31.6 Å². The minimum Gasteiger partial charge on any atom is -0.481 e. The molecule has 0 heterocycles. The van der Waals surface area contributed by atoms with E-state index in [0.29, 0.717) is 44.8 Å². The maximum atomic E-state index is 10.8. The summed E-state index contributed by atoms with van der Waals surface area (Å²) in [5, 5.41) is 22.5. The zero-order chi connectivity index (χ0) is 13.6. The van der Waals surface area contributed by atoms with Crippen molar-refractivity contribution < 1.29 is 19.7 Å². The van der Waals surface area contributed by atoms with Gasteiger partial charge in [-0.15, -0.1) is 0 Å². The molecule has 1 aliphatic rings. The molecule has 0 aromatic rings. The third-order valence-electron chi connectivity index (χ3n) is 3.66. The summed E-state index contributed by atoms with van der Waals surface area (Å²) in [7, 11) is 1.68. The Morgan fingerprint density at radius 2 is 2.11 bits per heavy atom. The summed E-state index contributed by atoms with van der Waals surface area (Å²) in [6, 6.07) is 0. The molecule has 1 unspecified atom stereocenters. The van der Waals surface area contributed by atoms with E-state index in [1.807, 2.05) is 0 Å². The molecule has 0 aromatic heterocycles. The first-order chi connectivity index (χ1) is 8.47.